The van der Waals surface area contributed by atoms with E-state index in [2.05, 4.69) is 4.90 Å². The van der Waals surface area contributed by atoms with Crippen molar-refractivity contribution in [3.05, 3.63) is 35.4 Å². The molecule has 0 aromatic heterocycles. The van der Waals surface area contributed by atoms with Gasteiger partial charge in [0.1, 0.15) is 0 Å². The molecule has 0 atom stereocenters. The highest BCUT2D eigenvalue weighted by Gasteiger charge is 2.30. The molecule has 0 unspecified atom stereocenters. The van der Waals surface area contributed by atoms with Gasteiger partial charge in [0.25, 0.3) is 0 Å². The summed E-state index contributed by atoms with van der Waals surface area (Å²) in [5.41, 5.74) is 5.26. The molecule has 0 aliphatic carbocycles. The summed E-state index contributed by atoms with van der Waals surface area (Å²) in [5.74, 6) is -0.392. The van der Waals surface area contributed by atoms with Crippen LogP contribution in [0.1, 0.15) is 24.0 Å². The second kappa shape index (κ2) is 5.83. The van der Waals surface area contributed by atoms with Gasteiger partial charge in [-0.2, -0.15) is 13.2 Å². The minimum Gasteiger partial charge on any atom is -0.369 e. The van der Waals surface area contributed by atoms with E-state index in [1.165, 1.54) is 12.1 Å². The zero-order valence-corrected chi connectivity index (χ0v) is 11.0. The average molecular weight is 286 g/mol. The molecule has 0 radical (unpaired) electrons. The number of halogens is 3. The summed E-state index contributed by atoms with van der Waals surface area (Å²) in [6.07, 6.45) is -2.96. The Morgan fingerprint density at radius 2 is 1.95 bits per heavy atom. The SMILES string of the molecule is NC(=O)C1CCN(Cc2cccc(C(F)(F)F)c2)CC1. The van der Waals surface area contributed by atoms with Gasteiger partial charge in [-0.25, -0.2) is 0 Å². The number of nitrogens with zero attached hydrogens (tertiary/aromatic N) is 1. The second-order valence-electron chi connectivity index (χ2n) is 5.15. The molecule has 1 fully saturated rings. The van der Waals surface area contributed by atoms with Gasteiger partial charge in [-0.1, -0.05) is 18.2 Å². The predicted molar refractivity (Wildman–Crippen MR) is 68.6 cm³/mol. The Labute approximate surface area is 115 Å². The Hall–Kier alpha value is -1.56. The lowest BCUT2D eigenvalue weighted by Gasteiger charge is -2.30. The molecule has 2 rings (SSSR count). The number of amides is 1. The molecule has 1 saturated heterocycles. The zero-order valence-electron chi connectivity index (χ0n) is 11.0. The molecule has 1 aliphatic heterocycles. The van der Waals surface area contributed by atoms with Crippen LogP contribution < -0.4 is 5.73 Å². The van der Waals surface area contributed by atoms with Crippen molar-refractivity contribution in [3.63, 3.8) is 0 Å². The van der Waals surface area contributed by atoms with Crippen molar-refractivity contribution >= 4 is 5.91 Å². The van der Waals surface area contributed by atoms with Gasteiger partial charge in [0, 0.05) is 12.5 Å². The molecular weight excluding hydrogens is 269 g/mol. The molecule has 1 aromatic rings. The molecule has 1 aliphatic rings. The number of benzene rings is 1. The first-order valence-electron chi connectivity index (χ1n) is 6.54. The van der Waals surface area contributed by atoms with E-state index in [4.69, 9.17) is 5.73 Å². The highest BCUT2D eigenvalue weighted by atomic mass is 19.4. The summed E-state index contributed by atoms with van der Waals surface area (Å²) in [7, 11) is 0. The zero-order chi connectivity index (χ0) is 14.8. The van der Waals surface area contributed by atoms with Crippen LogP contribution in [0.3, 0.4) is 0 Å². The number of alkyl halides is 3. The van der Waals surface area contributed by atoms with Crippen LogP contribution in [0.25, 0.3) is 0 Å². The maximum Gasteiger partial charge on any atom is 0.416 e. The van der Waals surface area contributed by atoms with Crippen molar-refractivity contribution in [2.24, 2.45) is 11.7 Å². The molecule has 0 spiro atoms. The minimum atomic E-state index is -4.31. The van der Waals surface area contributed by atoms with E-state index in [1.54, 1.807) is 6.07 Å². The molecular formula is C14H17F3N2O. The Morgan fingerprint density at radius 3 is 2.50 bits per heavy atom. The smallest absolute Gasteiger partial charge is 0.369 e. The molecule has 6 heteroatoms. The van der Waals surface area contributed by atoms with Gasteiger partial charge in [-0.15, -0.1) is 0 Å². The van der Waals surface area contributed by atoms with E-state index in [1.807, 2.05) is 0 Å². The first kappa shape index (κ1) is 14.8. The van der Waals surface area contributed by atoms with Crippen LogP contribution in [0.4, 0.5) is 13.2 Å². The fraction of sp³-hybridized carbons (Fsp3) is 0.500. The maximum atomic E-state index is 12.6. The lowest BCUT2D eigenvalue weighted by molar-refractivity contribution is -0.137. The number of piperidine rings is 1. The fourth-order valence-electron chi connectivity index (χ4n) is 2.48. The average Bonchev–Trinajstić information content (AvgIpc) is 2.38. The number of carbonyl (C=O) groups excluding carboxylic acids is 1. The number of hydrogen-bond donors (Lipinski definition) is 1. The molecule has 0 saturated carbocycles. The Morgan fingerprint density at radius 1 is 1.30 bits per heavy atom. The van der Waals surface area contributed by atoms with Crippen molar-refractivity contribution < 1.29 is 18.0 Å². The number of primary amides is 1. The lowest BCUT2D eigenvalue weighted by atomic mass is 9.96. The Bertz CT molecular complexity index is 480. The van der Waals surface area contributed by atoms with E-state index in [0.29, 0.717) is 38.0 Å². The number of likely N-dealkylation sites (tertiary alicyclic amines) is 1. The molecule has 1 aromatic carbocycles. The van der Waals surface area contributed by atoms with Gasteiger partial charge < -0.3 is 5.73 Å². The third kappa shape index (κ3) is 3.72. The van der Waals surface area contributed by atoms with Crippen LogP contribution in [0.2, 0.25) is 0 Å². The van der Waals surface area contributed by atoms with Crippen molar-refractivity contribution in [1.82, 2.24) is 4.90 Å². The number of rotatable bonds is 3. The Balaban J connectivity index is 1.96. The first-order valence-corrected chi connectivity index (χ1v) is 6.54. The molecule has 1 amide bonds. The molecule has 110 valence electrons. The van der Waals surface area contributed by atoms with Crippen LogP contribution in [0.5, 0.6) is 0 Å². The van der Waals surface area contributed by atoms with Gasteiger partial charge in [-0.3, -0.25) is 9.69 Å². The summed E-state index contributed by atoms with van der Waals surface area (Å²) >= 11 is 0. The molecule has 2 N–H and O–H groups in total. The topological polar surface area (TPSA) is 46.3 Å². The van der Waals surface area contributed by atoms with Gasteiger partial charge in [0.05, 0.1) is 5.56 Å². The first-order chi connectivity index (χ1) is 9.36. The summed E-state index contributed by atoms with van der Waals surface area (Å²) in [5, 5.41) is 0. The molecule has 1 heterocycles. The van der Waals surface area contributed by atoms with Crippen LogP contribution >= 0.6 is 0 Å². The van der Waals surface area contributed by atoms with Gasteiger partial charge in [-0.05, 0) is 37.6 Å². The summed E-state index contributed by atoms with van der Waals surface area (Å²) < 4.78 is 37.9. The number of hydrogen-bond acceptors (Lipinski definition) is 2. The largest absolute Gasteiger partial charge is 0.416 e. The second-order valence-corrected chi connectivity index (χ2v) is 5.15. The monoisotopic (exact) mass is 286 g/mol. The van der Waals surface area contributed by atoms with Crippen molar-refractivity contribution in [2.45, 2.75) is 25.6 Å². The summed E-state index contributed by atoms with van der Waals surface area (Å²) in [6, 6.07) is 5.37. The fourth-order valence-corrected chi connectivity index (χ4v) is 2.48. The summed E-state index contributed by atoms with van der Waals surface area (Å²) in [6.45, 7) is 1.84. The van der Waals surface area contributed by atoms with Crippen LogP contribution in [0, 0.1) is 5.92 Å². The van der Waals surface area contributed by atoms with Crippen molar-refractivity contribution in [2.75, 3.05) is 13.1 Å². The highest BCUT2D eigenvalue weighted by molar-refractivity contribution is 5.76. The van der Waals surface area contributed by atoms with Crippen molar-refractivity contribution in [3.8, 4) is 0 Å². The molecule has 3 nitrogen and oxygen atoms in total. The van der Waals surface area contributed by atoms with E-state index in [0.717, 1.165) is 6.07 Å². The van der Waals surface area contributed by atoms with E-state index < -0.39 is 11.7 Å². The molecule has 20 heavy (non-hydrogen) atoms. The maximum absolute atomic E-state index is 12.6. The van der Waals surface area contributed by atoms with Crippen molar-refractivity contribution in [1.29, 1.82) is 0 Å². The van der Waals surface area contributed by atoms with Gasteiger partial charge in [0.2, 0.25) is 5.91 Å². The van der Waals surface area contributed by atoms with Crippen LogP contribution in [-0.2, 0) is 17.5 Å². The Kier molecular flexibility index (Phi) is 4.32. The predicted octanol–water partition coefficient (Wildman–Crippen LogP) is 2.40. The van der Waals surface area contributed by atoms with Crippen LogP contribution in [-0.4, -0.2) is 23.9 Å². The normalized spacial score (nSPS) is 18.1. The minimum absolute atomic E-state index is 0.104. The number of nitrogens with two attached hydrogens (primary N) is 1. The molecule has 0 bridgehead atoms. The van der Waals surface area contributed by atoms with Crippen LogP contribution in [0.15, 0.2) is 24.3 Å². The van der Waals surface area contributed by atoms with E-state index in [9.17, 15) is 18.0 Å². The van der Waals surface area contributed by atoms with E-state index in [-0.39, 0.29) is 11.8 Å². The summed E-state index contributed by atoms with van der Waals surface area (Å²) in [4.78, 5) is 13.1. The standard InChI is InChI=1S/C14H17F3N2O/c15-14(16,17)12-3-1-2-10(8-12)9-19-6-4-11(5-7-19)13(18)20/h1-3,8,11H,4-7,9H2,(H2,18,20). The van der Waals surface area contributed by atoms with E-state index >= 15 is 0 Å². The lowest BCUT2D eigenvalue weighted by Crippen LogP contribution is -2.38. The third-order valence-corrected chi connectivity index (χ3v) is 3.65. The quantitative estimate of drug-likeness (QED) is 0.927. The number of carbonyl (C=O) groups is 1. The third-order valence-electron chi connectivity index (χ3n) is 3.65. The van der Waals surface area contributed by atoms with Gasteiger partial charge in [0.15, 0.2) is 0 Å². The highest BCUT2D eigenvalue weighted by Crippen LogP contribution is 2.30. The van der Waals surface area contributed by atoms with Gasteiger partial charge >= 0.3 is 6.18 Å².